The maximum absolute atomic E-state index is 13.0. The third-order valence-corrected chi connectivity index (χ3v) is 5.49. The van der Waals surface area contributed by atoms with Crippen LogP contribution in [0.4, 0.5) is 0 Å². The van der Waals surface area contributed by atoms with Crippen molar-refractivity contribution in [2.24, 2.45) is 5.92 Å². The molecule has 0 radical (unpaired) electrons. The summed E-state index contributed by atoms with van der Waals surface area (Å²) in [6, 6.07) is 8.24. The van der Waals surface area contributed by atoms with E-state index in [0.717, 1.165) is 18.4 Å². The van der Waals surface area contributed by atoms with E-state index in [1.165, 1.54) is 5.56 Å². The Morgan fingerprint density at radius 3 is 2.41 bits per heavy atom. The first kappa shape index (κ1) is 17.8. The van der Waals surface area contributed by atoms with Gasteiger partial charge in [-0.15, -0.1) is 0 Å². The van der Waals surface area contributed by atoms with E-state index >= 15 is 0 Å². The van der Waals surface area contributed by atoms with Crippen molar-refractivity contribution < 1.29 is 14.0 Å². The monoisotopic (exact) mass is 367 g/mol. The zero-order valence-corrected chi connectivity index (χ0v) is 16.0. The molecule has 6 nitrogen and oxygen atoms in total. The van der Waals surface area contributed by atoms with Gasteiger partial charge in [-0.3, -0.25) is 9.59 Å². The highest BCUT2D eigenvalue weighted by molar-refractivity contribution is 5.93. The van der Waals surface area contributed by atoms with Crippen molar-refractivity contribution in [2.45, 2.75) is 45.6 Å². The van der Waals surface area contributed by atoms with Gasteiger partial charge in [0.2, 0.25) is 11.7 Å². The zero-order valence-electron chi connectivity index (χ0n) is 16.0. The number of hydrogen-bond donors (Lipinski definition) is 1. The van der Waals surface area contributed by atoms with Crippen LogP contribution in [0.1, 0.15) is 52.0 Å². The summed E-state index contributed by atoms with van der Waals surface area (Å²) in [5, 5.41) is 3.18. The summed E-state index contributed by atoms with van der Waals surface area (Å²) in [5.41, 5.74) is 2.94. The molecule has 1 aliphatic heterocycles. The Kier molecular flexibility index (Phi) is 4.50. The summed E-state index contributed by atoms with van der Waals surface area (Å²) >= 11 is 0. The molecule has 1 saturated heterocycles. The Labute approximate surface area is 159 Å². The second-order valence-electron chi connectivity index (χ2n) is 7.76. The number of likely N-dealkylation sites (tertiary alicyclic amines) is 1. The van der Waals surface area contributed by atoms with Gasteiger partial charge >= 0.3 is 0 Å². The van der Waals surface area contributed by atoms with Crippen molar-refractivity contribution in [1.29, 1.82) is 0 Å². The minimum absolute atomic E-state index is 0.0709. The number of aryl methyl sites for hydroxylation is 3. The van der Waals surface area contributed by atoms with Gasteiger partial charge in [-0.1, -0.05) is 29.8 Å². The number of hydrogen-bond acceptors (Lipinski definition) is 4. The van der Waals surface area contributed by atoms with E-state index in [2.05, 4.69) is 41.5 Å². The molecular formula is C21H25N3O3. The van der Waals surface area contributed by atoms with Crippen LogP contribution in [0.2, 0.25) is 0 Å². The number of benzene rings is 1. The van der Waals surface area contributed by atoms with Crippen molar-refractivity contribution in [3.8, 4) is 0 Å². The molecule has 0 spiro atoms. The summed E-state index contributed by atoms with van der Waals surface area (Å²) in [6.45, 7) is 6.60. The first-order valence-corrected chi connectivity index (χ1v) is 9.52. The van der Waals surface area contributed by atoms with Crippen LogP contribution < -0.4 is 5.32 Å². The fourth-order valence-electron chi connectivity index (χ4n) is 3.79. The highest BCUT2D eigenvalue weighted by atomic mass is 16.4. The molecule has 2 fully saturated rings. The predicted molar refractivity (Wildman–Crippen MR) is 100 cm³/mol. The molecule has 1 aromatic heterocycles. The van der Waals surface area contributed by atoms with Gasteiger partial charge in [-0.05, 0) is 32.3 Å². The third-order valence-electron chi connectivity index (χ3n) is 5.49. The van der Waals surface area contributed by atoms with Gasteiger partial charge in [-0.25, -0.2) is 4.98 Å². The van der Waals surface area contributed by atoms with Crippen molar-refractivity contribution in [3.05, 3.63) is 52.7 Å². The normalized spacial score (nSPS) is 22.1. The molecule has 6 heteroatoms. The van der Waals surface area contributed by atoms with Gasteiger partial charge in [0.1, 0.15) is 0 Å². The lowest BCUT2D eigenvalue weighted by atomic mass is 9.93. The molecule has 1 aromatic carbocycles. The highest BCUT2D eigenvalue weighted by Crippen LogP contribution is 2.33. The van der Waals surface area contributed by atoms with E-state index in [4.69, 9.17) is 4.42 Å². The minimum Gasteiger partial charge on any atom is -0.436 e. The molecule has 142 valence electrons. The van der Waals surface area contributed by atoms with Gasteiger partial charge in [0, 0.05) is 31.8 Å². The SMILES string of the molecule is Cc1ccc([C@@H]2CN(C(=O)c3oc(C)nc3C)C[C@H]2NC(=O)C2CC2)cc1. The van der Waals surface area contributed by atoms with Crippen molar-refractivity contribution >= 4 is 11.8 Å². The van der Waals surface area contributed by atoms with Crippen molar-refractivity contribution in [3.63, 3.8) is 0 Å². The fraction of sp³-hybridized carbons (Fsp3) is 0.476. The summed E-state index contributed by atoms with van der Waals surface area (Å²) in [4.78, 5) is 31.3. The summed E-state index contributed by atoms with van der Waals surface area (Å²) in [6.07, 6.45) is 1.93. The molecule has 1 N–H and O–H groups in total. The Hall–Kier alpha value is -2.63. The predicted octanol–water partition coefficient (Wildman–Crippen LogP) is 2.73. The molecule has 0 bridgehead atoms. The Balaban J connectivity index is 1.57. The zero-order chi connectivity index (χ0) is 19.1. The second kappa shape index (κ2) is 6.83. The quantitative estimate of drug-likeness (QED) is 0.902. The Morgan fingerprint density at radius 1 is 1.11 bits per heavy atom. The van der Waals surface area contributed by atoms with Crippen LogP contribution in [0.5, 0.6) is 0 Å². The molecule has 4 rings (SSSR count). The Bertz CT molecular complexity index is 867. The van der Waals surface area contributed by atoms with Crippen LogP contribution in [0, 0.1) is 26.7 Å². The first-order valence-electron chi connectivity index (χ1n) is 9.52. The van der Waals surface area contributed by atoms with Crippen LogP contribution in [0.25, 0.3) is 0 Å². The molecule has 2 atom stereocenters. The molecule has 1 saturated carbocycles. The van der Waals surface area contributed by atoms with Crippen LogP contribution in [0.3, 0.4) is 0 Å². The fourth-order valence-corrected chi connectivity index (χ4v) is 3.79. The average molecular weight is 367 g/mol. The molecule has 2 aliphatic rings. The molecule has 2 heterocycles. The molecule has 2 amide bonds. The summed E-state index contributed by atoms with van der Waals surface area (Å²) in [5.74, 6) is 0.952. The molecular weight excluding hydrogens is 342 g/mol. The van der Waals surface area contributed by atoms with E-state index in [0.29, 0.717) is 30.4 Å². The lowest BCUT2D eigenvalue weighted by molar-refractivity contribution is -0.123. The largest absolute Gasteiger partial charge is 0.436 e. The number of amides is 2. The maximum atomic E-state index is 13.0. The first-order chi connectivity index (χ1) is 12.9. The van der Waals surface area contributed by atoms with Gasteiger partial charge in [0.25, 0.3) is 5.91 Å². The highest BCUT2D eigenvalue weighted by Gasteiger charge is 2.40. The van der Waals surface area contributed by atoms with Crippen LogP contribution >= 0.6 is 0 Å². The lowest BCUT2D eigenvalue weighted by Crippen LogP contribution is -2.41. The minimum atomic E-state index is -0.159. The van der Waals surface area contributed by atoms with E-state index in [1.807, 2.05) is 0 Å². The smallest absolute Gasteiger partial charge is 0.291 e. The number of aromatic nitrogens is 1. The lowest BCUT2D eigenvalue weighted by Gasteiger charge is -2.20. The third kappa shape index (κ3) is 3.61. The number of nitrogens with one attached hydrogen (secondary N) is 1. The second-order valence-corrected chi connectivity index (χ2v) is 7.76. The number of carbonyl (C=O) groups is 2. The molecule has 2 aromatic rings. The number of carbonyl (C=O) groups excluding carboxylic acids is 2. The van der Waals surface area contributed by atoms with Gasteiger partial charge in [0.05, 0.1) is 11.7 Å². The van der Waals surface area contributed by atoms with Crippen molar-refractivity contribution in [1.82, 2.24) is 15.2 Å². The standard InChI is InChI=1S/C21H25N3O3/c1-12-4-6-15(7-5-12)17-10-24(11-18(17)23-20(25)16-8-9-16)21(26)19-13(2)22-14(3)27-19/h4-7,16-18H,8-11H2,1-3H3,(H,23,25)/t17-,18+/m0/s1. The van der Waals surface area contributed by atoms with E-state index in [-0.39, 0.29) is 29.7 Å². The van der Waals surface area contributed by atoms with Crippen LogP contribution in [-0.2, 0) is 4.79 Å². The summed E-state index contributed by atoms with van der Waals surface area (Å²) in [7, 11) is 0. The van der Waals surface area contributed by atoms with E-state index in [9.17, 15) is 9.59 Å². The average Bonchev–Trinajstić information content (AvgIpc) is 3.33. The van der Waals surface area contributed by atoms with Gasteiger partial charge in [0.15, 0.2) is 5.89 Å². The Morgan fingerprint density at radius 2 is 1.81 bits per heavy atom. The van der Waals surface area contributed by atoms with Crippen molar-refractivity contribution in [2.75, 3.05) is 13.1 Å². The number of nitrogens with zero attached hydrogens (tertiary/aromatic N) is 2. The number of oxazole rings is 1. The molecule has 1 aliphatic carbocycles. The summed E-state index contributed by atoms with van der Waals surface area (Å²) < 4.78 is 5.52. The maximum Gasteiger partial charge on any atom is 0.291 e. The van der Waals surface area contributed by atoms with Gasteiger partial charge < -0.3 is 14.6 Å². The molecule has 0 unspecified atom stereocenters. The van der Waals surface area contributed by atoms with Crippen LogP contribution in [0.15, 0.2) is 28.7 Å². The number of rotatable bonds is 4. The van der Waals surface area contributed by atoms with E-state index in [1.54, 1.807) is 18.7 Å². The van der Waals surface area contributed by atoms with Crippen LogP contribution in [-0.4, -0.2) is 40.8 Å². The van der Waals surface area contributed by atoms with E-state index < -0.39 is 0 Å². The molecule has 27 heavy (non-hydrogen) atoms. The van der Waals surface area contributed by atoms with Gasteiger partial charge in [-0.2, -0.15) is 0 Å². The topological polar surface area (TPSA) is 75.4 Å².